The first kappa shape index (κ1) is 10.6. The second kappa shape index (κ2) is 3.81. The number of carbonyl (C=O) groups excluding carboxylic acids is 1. The van der Waals surface area contributed by atoms with E-state index in [0.29, 0.717) is 0 Å². The van der Waals surface area contributed by atoms with Gasteiger partial charge in [0.1, 0.15) is 0 Å². The maximum Gasteiger partial charge on any atom is 0.281 e. The minimum absolute atomic E-state index is 0.0647. The first-order chi connectivity index (χ1) is 4.89. The van der Waals surface area contributed by atoms with Crippen LogP contribution < -0.4 is 0 Å². The van der Waals surface area contributed by atoms with Crippen LogP contribution >= 0.6 is 11.8 Å². The monoisotopic (exact) mass is 173 g/mol. The number of hydrogen-bond donors (Lipinski definition) is 0. The molecule has 0 N–H and O–H groups in total. The molecule has 0 rings (SSSR count). The fourth-order valence-corrected chi connectivity index (χ4v) is 1.07. The SMILES string of the molecule is C=CC(C)(C)SC(=O)N(C)C. The molecule has 0 fully saturated rings. The molecular weight excluding hydrogens is 158 g/mol. The van der Waals surface area contributed by atoms with Gasteiger partial charge >= 0.3 is 0 Å². The first-order valence-corrected chi connectivity index (χ1v) is 4.24. The largest absolute Gasteiger partial charge is 0.340 e. The zero-order valence-electron chi connectivity index (χ0n) is 7.55. The second-order valence-corrected chi connectivity index (χ2v) is 4.68. The average molecular weight is 173 g/mol. The highest BCUT2D eigenvalue weighted by molar-refractivity contribution is 8.14. The lowest BCUT2D eigenvalue weighted by Gasteiger charge is -2.20. The molecular formula is C8H15NOS. The highest BCUT2D eigenvalue weighted by Gasteiger charge is 2.19. The van der Waals surface area contributed by atoms with Gasteiger partial charge in [0.2, 0.25) is 0 Å². The Morgan fingerprint density at radius 3 is 2.27 bits per heavy atom. The van der Waals surface area contributed by atoms with Crippen molar-refractivity contribution in [1.82, 2.24) is 4.90 Å². The van der Waals surface area contributed by atoms with Gasteiger partial charge < -0.3 is 4.90 Å². The number of carbonyl (C=O) groups is 1. The molecule has 0 spiro atoms. The molecule has 0 saturated heterocycles. The van der Waals surface area contributed by atoms with E-state index in [-0.39, 0.29) is 9.99 Å². The van der Waals surface area contributed by atoms with E-state index in [0.717, 1.165) is 0 Å². The predicted octanol–water partition coefficient (Wildman–Crippen LogP) is 2.37. The molecule has 2 nitrogen and oxygen atoms in total. The third-order valence-corrected chi connectivity index (χ3v) is 2.44. The van der Waals surface area contributed by atoms with Gasteiger partial charge in [-0.05, 0) is 13.8 Å². The van der Waals surface area contributed by atoms with E-state index in [1.807, 2.05) is 13.8 Å². The molecule has 0 heterocycles. The molecule has 0 aliphatic rings. The van der Waals surface area contributed by atoms with Crippen molar-refractivity contribution in [1.29, 1.82) is 0 Å². The Hall–Kier alpha value is -0.440. The lowest BCUT2D eigenvalue weighted by Crippen LogP contribution is -2.23. The van der Waals surface area contributed by atoms with Gasteiger partial charge in [-0.1, -0.05) is 17.8 Å². The summed E-state index contributed by atoms with van der Waals surface area (Å²) in [7, 11) is 3.49. The zero-order chi connectivity index (χ0) is 9.07. The van der Waals surface area contributed by atoms with E-state index in [1.54, 1.807) is 25.1 Å². The summed E-state index contributed by atoms with van der Waals surface area (Å²) < 4.78 is -0.165. The molecule has 1 amide bonds. The summed E-state index contributed by atoms with van der Waals surface area (Å²) in [6.07, 6.45) is 1.78. The standard InChI is InChI=1S/C8H15NOS/c1-6-8(2,3)11-7(10)9(4)5/h6H,1H2,2-5H3. The van der Waals surface area contributed by atoms with Gasteiger partial charge in [-0.25, -0.2) is 0 Å². The van der Waals surface area contributed by atoms with E-state index >= 15 is 0 Å². The van der Waals surface area contributed by atoms with Gasteiger partial charge in [-0.15, -0.1) is 6.58 Å². The van der Waals surface area contributed by atoms with Crippen molar-refractivity contribution >= 4 is 17.0 Å². The van der Waals surface area contributed by atoms with Crippen molar-refractivity contribution in [3.05, 3.63) is 12.7 Å². The first-order valence-electron chi connectivity index (χ1n) is 3.43. The Labute approximate surface area is 72.6 Å². The minimum Gasteiger partial charge on any atom is -0.340 e. The van der Waals surface area contributed by atoms with Crippen LogP contribution in [-0.2, 0) is 0 Å². The van der Waals surface area contributed by atoms with Crippen molar-refractivity contribution in [2.24, 2.45) is 0 Å². The molecule has 0 aromatic rings. The summed E-state index contributed by atoms with van der Waals surface area (Å²) in [6.45, 7) is 7.58. The van der Waals surface area contributed by atoms with E-state index in [2.05, 4.69) is 6.58 Å². The predicted molar refractivity (Wildman–Crippen MR) is 51.0 cm³/mol. The molecule has 0 aromatic carbocycles. The molecule has 0 aliphatic carbocycles. The molecule has 0 radical (unpaired) electrons. The summed E-state index contributed by atoms with van der Waals surface area (Å²) in [6, 6.07) is 0. The Kier molecular flexibility index (Phi) is 3.66. The normalized spacial score (nSPS) is 10.9. The highest BCUT2D eigenvalue weighted by atomic mass is 32.2. The molecule has 64 valence electrons. The number of rotatable bonds is 2. The topological polar surface area (TPSA) is 20.3 Å². The maximum absolute atomic E-state index is 11.2. The van der Waals surface area contributed by atoms with Gasteiger partial charge in [-0.2, -0.15) is 0 Å². The van der Waals surface area contributed by atoms with E-state index < -0.39 is 0 Å². The number of amides is 1. The fraction of sp³-hybridized carbons (Fsp3) is 0.625. The molecule has 0 saturated carbocycles. The Bertz CT molecular complexity index is 163. The van der Waals surface area contributed by atoms with Gasteiger partial charge in [0.05, 0.1) is 0 Å². The molecule has 0 unspecified atom stereocenters. The Morgan fingerprint density at radius 2 is 2.00 bits per heavy atom. The number of hydrogen-bond acceptors (Lipinski definition) is 2. The third-order valence-electron chi connectivity index (χ3n) is 1.21. The van der Waals surface area contributed by atoms with Crippen molar-refractivity contribution < 1.29 is 4.79 Å². The summed E-state index contributed by atoms with van der Waals surface area (Å²) in [5.74, 6) is 0. The van der Waals surface area contributed by atoms with E-state index in [1.165, 1.54) is 11.8 Å². The van der Waals surface area contributed by atoms with Gasteiger partial charge in [-0.3, -0.25) is 4.79 Å². The average Bonchev–Trinajstić information content (AvgIpc) is 1.87. The summed E-state index contributed by atoms with van der Waals surface area (Å²) in [4.78, 5) is 12.7. The molecule has 0 aliphatic heterocycles. The van der Waals surface area contributed by atoms with Crippen molar-refractivity contribution in [3.8, 4) is 0 Å². The van der Waals surface area contributed by atoms with Crippen molar-refractivity contribution in [2.75, 3.05) is 14.1 Å². The van der Waals surface area contributed by atoms with Crippen LogP contribution in [0.5, 0.6) is 0 Å². The van der Waals surface area contributed by atoms with Gasteiger partial charge in [0, 0.05) is 18.8 Å². The Balaban J connectivity index is 4.04. The summed E-state index contributed by atoms with van der Waals surface area (Å²) in [5.41, 5.74) is 0. The molecule has 3 heteroatoms. The van der Waals surface area contributed by atoms with E-state index in [9.17, 15) is 4.79 Å². The van der Waals surface area contributed by atoms with Crippen molar-refractivity contribution in [2.45, 2.75) is 18.6 Å². The number of thioether (sulfide) groups is 1. The maximum atomic E-state index is 11.2. The Morgan fingerprint density at radius 1 is 1.55 bits per heavy atom. The highest BCUT2D eigenvalue weighted by Crippen LogP contribution is 2.26. The molecule has 11 heavy (non-hydrogen) atoms. The molecule has 0 atom stereocenters. The van der Waals surface area contributed by atoms with E-state index in [4.69, 9.17) is 0 Å². The van der Waals surface area contributed by atoms with Crippen LogP contribution in [0.3, 0.4) is 0 Å². The van der Waals surface area contributed by atoms with Crippen molar-refractivity contribution in [3.63, 3.8) is 0 Å². The third kappa shape index (κ3) is 4.09. The van der Waals surface area contributed by atoms with Gasteiger partial charge in [0.15, 0.2) is 0 Å². The van der Waals surface area contributed by atoms with Crippen LogP contribution in [0.1, 0.15) is 13.8 Å². The van der Waals surface area contributed by atoms with Crippen LogP contribution in [0.2, 0.25) is 0 Å². The lowest BCUT2D eigenvalue weighted by molar-refractivity contribution is 0.241. The summed E-state index contributed by atoms with van der Waals surface area (Å²) >= 11 is 1.28. The summed E-state index contributed by atoms with van der Waals surface area (Å²) in [5, 5.41) is 0.0647. The van der Waals surface area contributed by atoms with Gasteiger partial charge in [0.25, 0.3) is 5.24 Å². The van der Waals surface area contributed by atoms with Crippen LogP contribution in [-0.4, -0.2) is 29.0 Å². The second-order valence-electron chi connectivity index (χ2n) is 3.07. The fourth-order valence-electron chi connectivity index (χ4n) is 0.358. The number of nitrogens with zero attached hydrogens (tertiary/aromatic N) is 1. The molecule has 0 bridgehead atoms. The lowest BCUT2D eigenvalue weighted by atomic mass is 10.2. The smallest absolute Gasteiger partial charge is 0.281 e. The molecule has 0 aromatic heterocycles. The van der Waals surface area contributed by atoms with Crippen LogP contribution in [0, 0.1) is 0 Å². The minimum atomic E-state index is -0.165. The quantitative estimate of drug-likeness (QED) is 0.597. The van der Waals surface area contributed by atoms with Crippen LogP contribution in [0.25, 0.3) is 0 Å². The zero-order valence-corrected chi connectivity index (χ0v) is 8.36. The van der Waals surface area contributed by atoms with Crippen LogP contribution in [0.15, 0.2) is 12.7 Å². The van der Waals surface area contributed by atoms with Crippen LogP contribution in [0.4, 0.5) is 4.79 Å².